The SMILES string of the molecule is CCOC(=O)[C@H]1C=CC(C)(C)C=C[C@H]1C(=O)OCC. The van der Waals surface area contributed by atoms with Crippen LogP contribution >= 0.6 is 0 Å². The Kier molecular flexibility index (Phi) is 5.33. The van der Waals surface area contributed by atoms with E-state index in [-0.39, 0.29) is 17.4 Å². The average molecular weight is 266 g/mol. The molecule has 4 nitrogen and oxygen atoms in total. The Labute approximate surface area is 114 Å². The molecule has 1 rings (SSSR count). The zero-order valence-electron chi connectivity index (χ0n) is 12.0. The number of carbonyl (C=O) groups is 2. The van der Waals surface area contributed by atoms with Crippen molar-refractivity contribution in [3.63, 3.8) is 0 Å². The van der Waals surface area contributed by atoms with Crippen LogP contribution < -0.4 is 0 Å². The highest BCUT2D eigenvalue weighted by Crippen LogP contribution is 2.29. The summed E-state index contributed by atoms with van der Waals surface area (Å²) >= 11 is 0. The number of rotatable bonds is 4. The number of esters is 2. The summed E-state index contributed by atoms with van der Waals surface area (Å²) in [5.41, 5.74) is -0.189. The van der Waals surface area contributed by atoms with Crippen LogP contribution in [0.1, 0.15) is 27.7 Å². The summed E-state index contributed by atoms with van der Waals surface area (Å²) in [5.74, 6) is -2.01. The largest absolute Gasteiger partial charge is 0.466 e. The first-order chi connectivity index (χ1) is 8.91. The molecule has 106 valence electrons. The maximum absolute atomic E-state index is 12.0. The molecule has 0 radical (unpaired) electrons. The van der Waals surface area contributed by atoms with Crippen LogP contribution in [0.5, 0.6) is 0 Å². The minimum Gasteiger partial charge on any atom is -0.466 e. The first-order valence-electron chi connectivity index (χ1n) is 6.63. The van der Waals surface area contributed by atoms with E-state index in [1.165, 1.54) is 0 Å². The molecule has 0 saturated heterocycles. The van der Waals surface area contributed by atoms with Crippen LogP contribution in [0.15, 0.2) is 24.3 Å². The van der Waals surface area contributed by atoms with Gasteiger partial charge in [-0.15, -0.1) is 0 Å². The van der Waals surface area contributed by atoms with E-state index in [2.05, 4.69) is 0 Å². The summed E-state index contributed by atoms with van der Waals surface area (Å²) in [5, 5.41) is 0. The minimum atomic E-state index is -0.614. The second-order valence-electron chi connectivity index (χ2n) is 5.10. The van der Waals surface area contributed by atoms with Crippen molar-refractivity contribution >= 4 is 11.9 Å². The molecule has 0 aromatic carbocycles. The van der Waals surface area contributed by atoms with Crippen LogP contribution in [0.3, 0.4) is 0 Å². The fraction of sp³-hybridized carbons (Fsp3) is 0.600. The van der Waals surface area contributed by atoms with Crippen LogP contribution in [-0.4, -0.2) is 25.2 Å². The smallest absolute Gasteiger partial charge is 0.313 e. The maximum atomic E-state index is 12.0. The topological polar surface area (TPSA) is 52.6 Å². The normalized spacial score (nSPS) is 24.6. The number of hydrogen-bond acceptors (Lipinski definition) is 4. The van der Waals surface area contributed by atoms with Gasteiger partial charge in [0.15, 0.2) is 0 Å². The van der Waals surface area contributed by atoms with Crippen molar-refractivity contribution in [3.05, 3.63) is 24.3 Å². The average Bonchev–Trinajstić information content (AvgIpc) is 2.48. The predicted molar refractivity (Wildman–Crippen MR) is 72.3 cm³/mol. The Bertz CT molecular complexity index is 357. The van der Waals surface area contributed by atoms with Crippen molar-refractivity contribution in [2.45, 2.75) is 27.7 Å². The van der Waals surface area contributed by atoms with Gasteiger partial charge in [0.05, 0.1) is 25.0 Å². The third kappa shape index (κ3) is 4.23. The number of hydrogen-bond donors (Lipinski definition) is 0. The number of allylic oxidation sites excluding steroid dienone is 2. The second kappa shape index (κ2) is 6.55. The Morgan fingerprint density at radius 2 is 1.32 bits per heavy atom. The molecule has 1 aliphatic carbocycles. The van der Waals surface area contributed by atoms with E-state index in [1.54, 1.807) is 26.0 Å². The van der Waals surface area contributed by atoms with E-state index in [1.807, 2.05) is 26.0 Å². The van der Waals surface area contributed by atoms with Gasteiger partial charge in [-0.3, -0.25) is 9.59 Å². The molecule has 0 N–H and O–H groups in total. The Morgan fingerprint density at radius 1 is 0.947 bits per heavy atom. The van der Waals surface area contributed by atoms with Crippen molar-refractivity contribution in [1.82, 2.24) is 0 Å². The van der Waals surface area contributed by atoms with Gasteiger partial charge in [0.1, 0.15) is 0 Å². The standard InChI is InChI=1S/C15H22O4/c1-5-18-13(16)11-7-9-15(3,4)10-8-12(11)14(17)19-6-2/h7-12H,5-6H2,1-4H3/t11-,12+. The van der Waals surface area contributed by atoms with Crippen LogP contribution in [0.25, 0.3) is 0 Å². The monoisotopic (exact) mass is 266 g/mol. The molecule has 0 spiro atoms. The van der Waals surface area contributed by atoms with Gasteiger partial charge in [0.25, 0.3) is 0 Å². The van der Waals surface area contributed by atoms with E-state index < -0.39 is 11.8 Å². The van der Waals surface area contributed by atoms with Crippen molar-refractivity contribution < 1.29 is 19.1 Å². The molecular formula is C15H22O4. The van der Waals surface area contributed by atoms with Crippen molar-refractivity contribution in [1.29, 1.82) is 0 Å². The zero-order valence-corrected chi connectivity index (χ0v) is 12.0. The summed E-state index contributed by atoms with van der Waals surface area (Å²) in [4.78, 5) is 23.9. The summed E-state index contributed by atoms with van der Waals surface area (Å²) in [7, 11) is 0. The highest BCUT2D eigenvalue weighted by atomic mass is 16.5. The molecule has 0 bridgehead atoms. The van der Waals surface area contributed by atoms with Crippen molar-refractivity contribution in [2.75, 3.05) is 13.2 Å². The van der Waals surface area contributed by atoms with E-state index in [4.69, 9.17) is 9.47 Å². The van der Waals surface area contributed by atoms with Gasteiger partial charge >= 0.3 is 11.9 Å². The molecule has 0 unspecified atom stereocenters. The molecule has 1 aliphatic rings. The van der Waals surface area contributed by atoms with Gasteiger partial charge in [-0.05, 0) is 13.8 Å². The molecule has 0 amide bonds. The van der Waals surface area contributed by atoms with Gasteiger partial charge in [-0.2, -0.15) is 0 Å². The minimum absolute atomic E-state index is 0.189. The van der Waals surface area contributed by atoms with Crippen molar-refractivity contribution in [3.8, 4) is 0 Å². The maximum Gasteiger partial charge on any atom is 0.313 e. The van der Waals surface area contributed by atoms with E-state index in [0.717, 1.165) is 0 Å². The van der Waals surface area contributed by atoms with Crippen LogP contribution in [0.2, 0.25) is 0 Å². The molecule has 0 aromatic rings. The molecule has 0 aromatic heterocycles. The van der Waals surface area contributed by atoms with Gasteiger partial charge in [0, 0.05) is 5.41 Å². The third-order valence-corrected chi connectivity index (χ3v) is 2.97. The summed E-state index contributed by atoms with van der Waals surface area (Å²) in [6.45, 7) is 8.11. The molecule has 0 saturated carbocycles. The quantitative estimate of drug-likeness (QED) is 0.579. The lowest BCUT2D eigenvalue weighted by Crippen LogP contribution is -2.30. The van der Waals surface area contributed by atoms with Crippen molar-refractivity contribution in [2.24, 2.45) is 17.3 Å². The number of ether oxygens (including phenoxy) is 2. The fourth-order valence-corrected chi connectivity index (χ4v) is 1.93. The zero-order chi connectivity index (χ0) is 14.5. The molecule has 19 heavy (non-hydrogen) atoms. The van der Waals surface area contributed by atoms with Gasteiger partial charge in [0.2, 0.25) is 0 Å². The Balaban J connectivity index is 3.03. The lowest BCUT2D eigenvalue weighted by atomic mass is 9.92. The Morgan fingerprint density at radius 3 is 1.63 bits per heavy atom. The summed E-state index contributed by atoms with van der Waals surface area (Å²) in [6.07, 6.45) is 7.34. The first kappa shape index (κ1) is 15.5. The Hall–Kier alpha value is -1.58. The summed E-state index contributed by atoms with van der Waals surface area (Å²) in [6, 6.07) is 0. The van der Waals surface area contributed by atoms with Gasteiger partial charge in [-0.1, -0.05) is 38.2 Å². The predicted octanol–water partition coefficient (Wildman–Crippen LogP) is 2.50. The highest BCUT2D eigenvalue weighted by Gasteiger charge is 2.34. The molecule has 0 fully saturated rings. The van der Waals surface area contributed by atoms with E-state index in [0.29, 0.717) is 13.2 Å². The number of carbonyl (C=O) groups excluding carboxylic acids is 2. The summed E-state index contributed by atoms with van der Waals surface area (Å²) < 4.78 is 10.1. The fourth-order valence-electron chi connectivity index (χ4n) is 1.93. The molecular weight excluding hydrogens is 244 g/mol. The highest BCUT2D eigenvalue weighted by molar-refractivity contribution is 5.85. The third-order valence-electron chi connectivity index (χ3n) is 2.97. The van der Waals surface area contributed by atoms with Gasteiger partial charge in [-0.25, -0.2) is 0 Å². The van der Waals surface area contributed by atoms with E-state index >= 15 is 0 Å². The molecule has 0 heterocycles. The lowest BCUT2D eigenvalue weighted by Gasteiger charge is -2.18. The second-order valence-corrected chi connectivity index (χ2v) is 5.10. The lowest BCUT2D eigenvalue weighted by molar-refractivity contribution is -0.156. The van der Waals surface area contributed by atoms with Crippen LogP contribution in [0.4, 0.5) is 0 Å². The first-order valence-corrected chi connectivity index (χ1v) is 6.63. The van der Waals surface area contributed by atoms with E-state index in [9.17, 15) is 9.59 Å². The van der Waals surface area contributed by atoms with Crippen LogP contribution in [-0.2, 0) is 19.1 Å². The van der Waals surface area contributed by atoms with Crippen LogP contribution in [0, 0.1) is 17.3 Å². The molecule has 4 heteroatoms. The molecule has 0 aliphatic heterocycles. The molecule has 2 atom stereocenters. The van der Waals surface area contributed by atoms with Gasteiger partial charge < -0.3 is 9.47 Å².